The average Bonchev–Trinajstić information content (AvgIpc) is 2.00. The van der Waals surface area contributed by atoms with E-state index in [9.17, 15) is 4.79 Å². The Balaban J connectivity index is 3.50. The van der Waals surface area contributed by atoms with Crippen LogP contribution in [0.5, 0.6) is 0 Å². The molecular formula is C8H13N3O. The lowest BCUT2D eigenvalue weighted by atomic mass is 10.4. The van der Waals surface area contributed by atoms with Gasteiger partial charge in [0.25, 0.3) is 0 Å². The smallest absolute Gasteiger partial charge is 0.241 e. The summed E-state index contributed by atoms with van der Waals surface area (Å²) in [6.45, 7) is 1.35. The minimum Gasteiger partial charge on any atom is -0.366 e. The summed E-state index contributed by atoms with van der Waals surface area (Å²) in [5, 5.41) is 8.26. The van der Waals surface area contributed by atoms with Crippen LogP contribution in [-0.4, -0.2) is 30.9 Å². The minimum atomic E-state index is -0.441. The molecule has 4 heteroatoms. The first-order chi connectivity index (χ1) is 5.66. The molecule has 12 heavy (non-hydrogen) atoms. The summed E-state index contributed by atoms with van der Waals surface area (Å²) < 4.78 is 0. The van der Waals surface area contributed by atoms with Crippen molar-refractivity contribution in [2.75, 3.05) is 20.1 Å². The van der Waals surface area contributed by atoms with Crippen molar-refractivity contribution in [2.45, 2.75) is 6.42 Å². The normalized spacial score (nSPS) is 10.4. The number of likely N-dealkylation sites (N-methyl/N-ethyl adjacent to an activating group) is 1. The lowest BCUT2D eigenvalue weighted by Crippen LogP contribution is -2.19. The van der Waals surface area contributed by atoms with E-state index in [0.29, 0.717) is 19.5 Å². The molecule has 4 nitrogen and oxygen atoms in total. The van der Waals surface area contributed by atoms with Crippen molar-refractivity contribution in [1.29, 1.82) is 5.26 Å². The van der Waals surface area contributed by atoms with Gasteiger partial charge in [0.1, 0.15) is 0 Å². The maximum atomic E-state index is 10.3. The molecule has 0 aromatic carbocycles. The third-order valence-electron chi connectivity index (χ3n) is 1.30. The van der Waals surface area contributed by atoms with E-state index in [0.717, 1.165) is 0 Å². The molecule has 0 atom stereocenters. The molecule has 0 aliphatic rings. The Morgan fingerprint density at radius 1 is 1.75 bits per heavy atom. The predicted molar refractivity (Wildman–Crippen MR) is 46.1 cm³/mol. The second-order valence-corrected chi connectivity index (χ2v) is 2.48. The number of hydrogen-bond donors (Lipinski definition) is 1. The van der Waals surface area contributed by atoms with Gasteiger partial charge in [-0.1, -0.05) is 6.08 Å². The molecule has 2 N–H and O–H groups in total. The van der Waals surface area contributed by atoms with E-state index in [1.54, 1.807) is 6.08 Å². The number of nitrogens with two attached hydrogens (primary N) is 1. The molecule has 0 radical (unpaired) electrons. The Morgan fingerprint density at radius 3 is 2.92 bits per heavy atom. The standard InChI is InChI=1S/C8H13N3O/c1-11(7-3-5-9)6-2-4-8(10)12/h2,4H,3,6-7H2,1H3,(H2,10,12)/b4-2+. The van der Waals surface area contributed by atoms with Gasteiger partial charge in [-0.3, -0.25) is 4.79 Å². The van der Waals surface area contributed by atoms with Gasteiger partial charge in [-0.15, -0.1) is 0 Å². The maximum absolute atomic E-state index is 10.3. The topological polar surface area (TPSA) is 70.1 Å². The Labute approximate surface area is 72.3 Å². The van der Waals surface area contributed by atoms with Gasteiger partial charge in [-0.25, -0.2) is 0 Å². The number of nitrogens with zero attached hydrogens (tertiary/aromatic N) is 2. The number of carbonyl (C=O) groups is 1. The molecule has 66 valence electrons. The molecule has 0 fully saturated rings. The van der Waals surface area contributed by atoms with Gasteiger partial charge in [0.2, 0.25) is 5.91 Å². The summed E-state index contributed by atoms with van der Waals surface area (Å²) in [6, 6.07) is 2.04. The van der Waals surface area contributed by atoms with E-state index in [1.165, 1.54) is 6.08 Å². The highest BCUT2D eigenvalue weighted by Gasteiger charge is 1.93. The number of amides is 1. The number of rotatable bonds is 5. The molecule has 0 aromatic rings. The zero-order valence-electron chi connectivity index (χ0n) is 7.16. The van der Waals surface area contributed by atoms with Crippen molar-refractivity contribution in [3.05, 3.63) is 12.2 Å². The molecule has 1 amide bonds. The third kappa shape index (κ3) is 6.78. The van der Waals surface area contributed by atoms with E-state index in [-0.39, 0.29) is 0 Å². The molecule has 0 heterocycles. The van der Waals surface area contributed by atoms with Crippen LogP contribution in [0.3, 0.4) is 0 Å². The molecule has 0 rings (SSSR count). The first-order valence-corrected chi connectivity index (χ1v) is 3.68. The highest BCUT2D eigenvalue weighted by atomic mass is 16.1. The van der Waals surface area contributed by atoms with Crippen molar-refractivity contribution >= 4 is 5.91 Å². The highest BCUT2D eigenvalue weighted by Crippen LogP contribution is 1.86. The molecule has 0 spiro atoms. The van der Waals surface area contributed by atoms with E-state index < -0.39 is 5.91 Å². The number of primary amides is 1. The summed E-state index contributed by atoms with van der Waals surface area (Å²) in [5.74, 6) is -0.441. The summed E-state index contributed by atoms with van der Waals surface area (Å²) in [5.41, 5.74) is 4.88. The molecule has 0 aliphatic carbocycles. The Hall–Kier alpha value is -1.34. The van der Waals surface area contributed by atoms with Gasteiger partial charge < -0.3 is 10.6 Å². The maximum Gasteiger partial charge on any atom is 0.241 e. The van der Waals surface area contributed by atoms with E-state index >= 15 is 0 Å². The van der Waals surface area contributed by atoms with Crippen LogP contribution in [0, 0.1) is 11.3 Å². The van der Waals surface area contributed by atoms with Crippen LogP contribution in [0.1, 0.15) is 6.42 Å². The Kier molecular flexibility index (Phi) is 5.66. The van der Waals surface area contributed by atoms with Crippen molar-refractivity contribution < 1.29 is 4.79 Å². The van der Waals surface area contributed by atoms with Crippen LogP contribution in [0.4, 0.5) is 0 Å². The van der Waals surface area contributed by atoms with Crippen molar-refractivity contribution in [3.63, 3.8) is 0 Å². The fourth-order valence-electron chi connectivity index (χ4n) is 0.681. The fourth-order valence-corrected chi connectivity index (χ4v) is 0.681. The van der Waals surface area contributed by atoms with Gasteiger partial charge >= 0.3 is 0 Å². The summed E-state index contributed by atoms with van der Waals surface area (Å²) in [7, 11) is 1.88. The van der Waals surface area contributed by atoms with Gasteiger partial charge in [0, 0.05) is 19.5 Å². The number of nitriles is 1. The van der Waals surface area contributed by atoms with Gasteiger partial charge in [-0.05, 0) is 13.1 Å². The summed E-state index contributed by atoms with van der Waals surface area (Å²) in [4.78, 5) is 12.2. The van der Waals surface area contributed by atoms with Crippen LogP contribution < -0.4 is 5.73 Å². The second-order valence-electron chi connectivity index (χ2n) is 2.48. The van der Waals surface area contributed by atoms with Crippen molar-refractivity contribution in [3.8, 4) is 6.07 Å². The lowest BCUT2D eigenvalue weighted by molar-refractivity contribution is -0.113. The van der Waals surface area contributed by atoms with Gasteiger partial charge in [0.15, 0.2) is 0 Å². The molecule has 0 bridgehead atoms. The molecule has 0 aliphatic heterocycles. The second kappa shape index (κ2) is 6.38. The van der Waals surface area contributed by atoms with Crippen molar-refractivity contribution in [2.24, 2.45) is 5.73 Å². The quantitative estimate of drug-likeness (QED) is 0.580. The van der Waals surface area contributed by atoms with E-state index in [1.807, 2.05) is 18.0 Å². The van der Waals surface area contributed by atoms with Gasteiger partial charge in [0.05, 0.1) is 6.07 Å². The minimum absolute atomic E-state index is 0.441. The largest absolute Gasteiger partial charge is 0.366 e. The SMILES string of the molecule is CN(C/C=C/C(N)=O)CCC#N. The Morgan fingerprint density at radius 2 is 2.42 bits per heavy atom. The van der Waals surface area contributed by atoms with Crippen LogP contribution in [0.25, 0.3) is 0 Å². The molecule has 0 saturated carbocycles. The summed E-state index contributed by atoms with van der Waals surface area (Å²) >= 11 is 0. The van der Waals surface area contributed by atoms with Gasteiger partial charge in [-0.2, -0.15) is 5.26 Å². The molecule has 0 saturated heterocycles. The number of carbonyl (C=O) groups excluding carboxylic acids is 1. The first kappa shape index (κ1) is 10.7. The van der Waals surface area contributed by atoms with Crippen LogP contribution in [-0.2, 0) is 4.79 Å². The molecule has 0 aromatic heterocycles. The average molecular weight is 167 g/mol. The fraction of sp³-hybridized carbons (Fsp3) is 0.500. The highest BCUT2D eigenvalue weighted by molar-refractivity contribution is 5.85. The van der Waals surface area contributed by atoms with E-state index in [2.05, 4.69) is 0 Å². The van der Waals surface area contributed by atoms with Crippen LogP contribution >= 0.6 is 0 Å². The molecule has 0 unspecified atom stereocenters. The Bertz CT molecular complexity index is 205. The van der Waals surface area contributed by atoms with E-state index in [4.69, 9.17) is 11.0 Å². The number of hydrogen-bond acceptors (Lipinski definition) is 3. The van der Waals surface area contributed by atoms with Crippen LogP contribution in [0.2, 0.25) is 0 Å². The van der Waals surface area contributed by atoms with Crippen molar-refractivity contribution in [1.82, 2.24) is 4.90 Å². The molecular weight excluding hydrogens is 154 g/mol. The first-order valence-electron chi connectivity index (χ1n) is 3.68. The monoisotopic (exact) mass is 167 g/mol. The van der Waals surface area contributed by atoms with Crippen LogP contribution in [0.15, 0.2) is 12.2 Å². The predicted octanol–water partition coefficient (Wildman–Crippen LogP) is -0.127. The zero-order valence-corrected chi connectivity index (χ0v) is 7.16. The zero-order chi connectivity index (χ0) is 9.40. The lowest BCUT2D eigenvalue weighted by Gasteiger charge is -2.10. The third-order valence-corrected chi connectivity index (χ3v) is 1.30. The summed E-state index contributed by atoms with van der Waals surface area (Å²) in [6.07, 6.45) is 3.50.